The molecule has 2 N–H and O–H groups in total. The average molecular weight is 307 g/mol. The fraction of sp³-hybridized carbons (Fsp3) is 0.118. The number of carbonyl (C=O) groups excluding carboxylic acids is 1. The van der Waals surface area contributed by atoms with Crippen LogP contribution in [0.25, 0.3) is 11.1 Å². The van der Waals surface area contributed by atoms with Gasteiger partial charge in [-0.25, -0.2) is 4.79 Å². The molecule has 6 nitrogen and oxygen atoms in total. The van der Waals surface area contributed by atoms with Gasteiger partial charge in [0.05, 0.1) is 5.71 Å². The second kappa shape index (κ2) is 6.20. The molecule has 0 spiro atoms. The molecule has 6 heteroatoms. The molecule has 1 amide bonds. The predicted molar refractivity (Wildman–Crippen MR) is 83.7 cm³/mol. The van der Waals surface area contributed by atoms with E-state index in [2.05, 4.69) is 5.16 Å². The number of nitrogens with two attached hydrogens (primary N) is 1. The molecule has 1 aliphatic rings. The van der Waals surface area contributed by atoms with Crippen molar-refractivity contribution in [3.63, 3.8) is 0 Å². The van der Waals surface area contributed by atoms with Gasteiger partial charge in [0.15, 0.2) is 0 Å². The molecule has 0 saturated carbocycles. The molecule has 114 valence electrons. The van der Waals surface area contributed by atoms with Gasteiger partial charge in [-0.3, -0.25) is 0 Å². The number of primary amides is 1. The summed E-state index contributed by atoms with van der Waals surface area (Å²) in [6.45, 7) is 0. The third kappa shape index (κ3) is 2.99. The van der Waals surface area contributed by atoms with Gasteiger partial charge in [0, 0.05) is 17.5 Å². The lowest BCUT2D eigenvalue weighted by atomic mass is 9.94. The SMILES string of the molecule is N#CC1CC(c2cccc(OC(N)=O)c2-c2ccccc2)=NO1. The minimum Gasteiger partial charge on any atom is -0.410 e. The summed E-state index contributed by atoms with van der Waals surface area (Å²) in [5.41, 5.74) is 8.07. The lowest BCUT2D eigenvalue weighted by molar-refractivity contribution is 0.125. The quantitative estimate of drug-likeness (QED) is 0.942. The third-order valence-electron chi connectivity index (χ3n) is 3.42. The minimum absolute atomic E-state index is 0.337. The second-order valence-corrected chi connectivity index (χ2v) is 4.93. The van der Waals surface area contributed by atoms with Crippen molar-refractivity contribution in [1.82, 2.24) is 0 Å². The van der Waals surface area contributed by atoms with Crippen LogP contribution >= 0.6 is 0 Å². The van der Waals surface area contributed by atoms with Crippen LogP contribution in [0.15, 0.2) is 53.7 Å². The number of hydrogen-bond acceptors (Lipinski definition) is 5. The van der Waals surface area contributed by atoms with E-state index in [1.54, 1.807) is 12.1 Å². The fourth-order valence-corrected chi connectivity index (χ4v) is 2.47. The van der Waals surface area contributed by atoms with E-state index in [4.69, 9.17) is 20.6 Å². The van der Waals surface area contributed by atoms with Gasteiger partial charge in [0.1, 0.15) is 11.8 Å². The number of rotatable bonds is 3. The molecule has 2 aromatic carbocycles. The monoisotopic (exact) mass is 307 g/mol. The Morgan fingerprint density at radius 3 is 2.70 bits per heavy atom. The molecule has 1 atom stereocenters. The van der Waals surface area contributed by atoms with Crippen molar-refractivity contribution >= 4 is 11.8 Å². The van der Waals surface area contributed by atoms with E-state index in [1.807, 2.05) is 42.5 Å². The highest BCUT2D eigenvalue weighted by Crippen LogP contribution is 2.35. The highest BCUT2D eigenvalue weighted by atomic mass is 16.6. The Morgan fingerprint density at radius 2 is 2.04 bits per heavy atom. The van der Waals surface area contributed by atoms with Crippen LogP contribution in [0, 0.1) is 11.3 Å². The van der Waals surface area contributed by atoms with Gasteiger partial charge in [-0.05, 0) is 11.6 Å². The first-order valence-corrected chi connectivity index (χ1v) is 6.97. The Kier molecular flexibility index (Phi) is 3.93. The summed E-state index contributed by atoms with van der Waals surface area (Å²) in [5.74, 6) is 0.337. The molecule has 0 radical (unpaired) electrons. The van der Waals surface area contributed by atoms with Crippen LogP contribution in [0.3, 0.4) is 0 Å². The van der Waals surface area contributed by atoms with Crippen LogP contribution in [0.4, 0.5) is 4.79 Å². The smallest absolute Gasteiger partial charge is 0.409 e. The van der Waals surface area contributed by atoms with E-state index >= 15 is 0 Å². The van der Waals surface area contributed by atoms with Crippen molar-refractivity contribution in [2.75, 3.05) is 0 Å². The number of nitriles is 1. The van der Waals surface area contributed by atoms with Gasteiger partial charge in [-0.1, -0.05) is 47.6 Å². The summed E-state index contributed by atoms with van der Waals surface area (Å²) in [7, 11) is 0. The Bertz CT molecular complexity index is 810. The normalized spacial score (nSPS) is 16.1. The van der Waals surface area contributed by atoms with Crippen molar-refractivity contribution < 1.29 is 14.4 Å². The van der Waals surface area contributed by atoms with Crippen LogP contribution in [-0.4, -0.2) is 17.9 Å². The van der Waals surface area contributed by atoms with Crippen LogP contribution < -0.4 is 10.5 Å². The van der Waals surface area contributed by atoms with E-state index in [-0.39, 0.29) is 0 Å². The lowest BCUT2D eigenvalue weighted by Crippen LogP contribution is -2.17. The predicted octanol–water partition coefficient (Wildman–Crippen LogP) is 2.83. The molecule has 1 heterocycles. The van der Waals surface area contributed by atoms with Crippen LogP contribution in [0.5, 0.6) is 5.75 Å². The maximum Gasteiger partial charge on any atom is 0.409 e. The summed E-state index contributed by atoms with van der Waals surface area (Å²) in [6, 6.07) is 16.7. The zero-order valence-electron chi connectivity index (χ0n) is 12.1. The van der Waals surface area contributed by atoms with E-state index < -0.39 is 12.2 Å². The van der Waals surface area contributed by atoms with Crippen LogP contribution in [0.1, 0.15) is 12.0 Å². The van der Waals surface area contributed by atoms with Gasteiger partial charge < -0.3 is 15.3 Å². The zero-order valence-corrected chi connectivity index (χ0v) is 12.1. The molecule has 1 unspecified atom stereocenters. The van der Waals surface area contributed by atoms with E-state index in [9.17, 15) is 4.79 Å². The number of hydrogen-bond donors (Lipinski definition) is 1. The van der Waals surface area contributed by atoms with E-state index in [0.717, 1.165) is 11.1 Å². The van der Waals surface area contributed by atoms with Gasteiger partial charge in [-0.15, -0.1) is 0 Å². The fourth-order valence-electron chi connectivity index (χ4n) is 2.47. The van der Waals surface area contributed by atoms with E-state index in [0.29, 0.717) is 23.4 Å². The standard InChI is InChI=1S/C17H13N3O3/c18-10-12-9-14(20-23-12)13-7-4-8-15(22-17(19)21)16(13)11-5-2-1-3-6-11/h1-8,12H,9H2,(H2,19,21). The Balaban J connectivity index is 2.13. The molecule has 23 heavy (non-hydrogen) atoms. The molecule has 0 aromatic heterocycles. The zero-order chi connectivity index (χ0) is 16.2. The molecule has 0 bridgehead atoms. The van der Waals surface area contributed by atoms with Crippen molar-refractivity contribution in [2.45, 2.75) is 12.5 Å². The lowest BCUT2D eigenvalue weighted by Gasteiger charge is -2.13. The van der Waals surface area contributed by atoms with Crippen molar-refractivity contribution in [1.29, 1.82) is 5.26 Å². The Hall–Kier alpha value is -3.33. The molecular formula is C17H13N3O3. The summed E-state index contributed by atoms with van der Waals surface area (Å²) in [6.07, 6.45) is -1.12. The Labute approximate surface area is 132 Å². The largest absolute Gasteiger partial charge is 0.410 e. The molecule has 2 aromatic rings. The van der Waals surface area contributed by atoms with Crippen LogP contribution in [-0.2, 0) is 4.84 Å². The maximum absolute atomic E-state index is 11.2. The number of oxime groups is 1. The van der Waals surface area contributed by atoms with Crippen LogP contribution in [0.2, 0.25) is 0 Å². The second-order valence-electron chi connectivity index (χ2n) is 4.93. The Morgan fingerprint density at radius 1 is 1.26 bits per heavy atom. The average Bonchev–Trinajstić information content (AvgIpc) is 3.04. The summed E-state index contributed by atoms with van der Waals surface area (Å²) < 4.78 is 5.13. The molecular weight excluding hydrogens is 294 g/mol. The van der Waals surface area contributed by atoms with Gasteiger partial charge in [0.2, 0.25) is 6.10 Å². The molecule has 0 aliphatic carbocycles. The number of nitrogens with zero attached hydrogens (tertiary/aromatic N) is 2. The highest BCUT2D eigenvalue weighted by molar-refractivity contribution is 6.08. The first-order valence-electron chi connectivity index (χ1n) is 6.97. The number of ether oxygens (including phenoxy) is 1. The third-order valence-corrected chi connectivity index (χ3v) is 3.42. The number of amides is 1. The minimum atomic E-state index is -0.890. The summed E-state index contributed by atoms with van der Waals surface area (Å²) in [4.78, 5) is 16.3. The first-order chi connectivity index (χ1) is 11.2. The van der Waals surface area contributed by atoms with Crippen molar-refractivity contribution in [2.24, 2.45) is 10.9 Å². The van der Waals surface area contributed by atoms with Gasteiger partial charge in [-0.2, -0.15) is 5.26 Å². The van der Waals surface area contributed by atoms with Gasteiger partial charge >= 0.3 is 6.09 Å². The first kappa shape index (κ1) is 14.6. The maximum atomic E-state index is 11.2. The van der Waals surface area contributed by atoms with Gasteiger partial charge in [0.25, 0.3) is 0 Å². The summed E-state index contributed by atoms with van der Waals surface area (Å²) in [5, 5.41) is 12.9. The molecule has 1 aliphatic heterocycles. The van der Waals surface area contributed by atoms with Crippen molar-refractivity contribution in [3.8, 4) is 22.9 Å². The highest BCUT2D eigenvalue weighted by Gasteiger charge is 2.25. The number of benzene rings is 2. The molecule has 0 saturated heterocycles. The number of carbonyl (C=O) groups is 1. The topological polar surface area (TPSA) is 97.7 Å². The molecule has 3 rings (SSSR count). The summed E-state index contributed by atoms with van der Waals surface area (Å²) >= 11 is 0. The molecule has 0 fully saturated rings. The van der Waals surface area contributed by atoms with E-state index in [1.165, 1.54) is 0 Å². The van der Waals surface area contributed by atoms with Crippen molar-refractivity contribution in [3.05, 3.63) is 54.1 Å².